The molecule has 3 nitrogen and oxygen atoms in total. The summed E-state index contributed by atoms with van der Waals surface area (Å²) in [6, 6.07) is 2.27. The second kappa shape index (κ2) is 5.27. The minimum Gasteiger partial charge on any atom is -0.333 e. The zero-order valence-electron chi connectivity index (χ0n) is 9.47. The Morgan fingerprint density at radius 3 is 3.12 bits per heavy atom. The zero-order valence-corrected chi connectivity index (χ0v) is 10.3. The number of aromatic nitrogens is 2. The molecule has 0 aromatic carbocycles. The van der Waals surface area contributed by atoms with Crippen LogP contribution in [0.2, 0.25) is 0 Å². The Bertz CT molecular complexity index is 419. The molecule has 4 heteroatoms. The third-order valence-electron chi connectivity index (χ3n) is 2.79. The summed E-state index contributed by atoms with van der Waals surface area (Å²) in [6.45, 7) is 3.06. The van der Waals surface area contributed by atoms with Gasteiger partial charge in [-0.05, 0) is 35.2 Å². The van der Waals surface area contributed by atoms with Gasteiger partial charge in [0, 0.05) is 18.8 Å². The van der Waals surface area contributed by atoms with Crippen molar-refractivity contribution in [3.05, 3.63) is 40.6 Å². The lowest BCUT2D eigenvalue weighted by Gasteiger charge is -2.12. The molecule has 86 valence electrons. The quantitative estimate of drug-likeness (QED) is 0.865. The summed E-state index contributed by atoms with van der Waals surface area (Å²) in [6.07, 6.45) is 5.74. The Balaban J connectivity index is 2.01. The van der Waals surface area contributed by atoms with E-state index >= 15 is 0 Å². The second-order valence-electron chi connectivity index (χ2n) is 3.91. The Kier molecular flexibility index (Phi) is 3.74. The number of aryl methyl sites for hydroxylation is 2. The zero-order chi connectivity index (χ0) is 11.4. The van der Waals surface area contributed by atoms with Gasteiger partial charge >= 0.3 is 0 Å². The normalized spacial score (nSPS) is 12.9. The molecule has 2 aromatic heterocycles. The van der Waals surface area contributed by atoms with Crippen molar-refractivity contribution in [1.29, 1.82) is 0 Å². The van der Waals surface area contributed by atoms with Crippen molar-refractivity contribution in [1.82, 2.24) is 9.55 Å². The van der Waals surface area contributed by atoms with Crippen LogP contribution in [-0.2, 0) is 13.0 Å². The Labute approximate surface area is 99.9 Å². The standard InChI is InChI=1S/C12H17N3S/c1-2-11(13)12-7-14-9-15(12)5-3-10-4-6-16-8-10/h4,6-9,11H,2-3,5,13H2,1H3/t11-/m1/s1. The summed E-state index contributed by atoms with van der Waals surface area (Å²) in [5.74, 6) is 0. The first-order valence-electron chi connectivity index (χ1n) is 5.58. The van der Waals surface area contributed by atoms with Crippen LogP contribution in [0.3, 0.4) is 0 Å². The van der Waals surface area contributed by atoms with E-state index in [0.29, 0.717) is 0 Å². The molecule has 0 amide bonds. The predicted octanol–water partition coefficient (Wildman–Crippen LogP) is 2.60. The molecule has 16 heavy (non-hydrogen) atoms. The predicted molar refractivity (Wildman–Crippen MR) is 67.5 cm³/mol. The molecule has 0 fully saturated rings. The van der Waals surface area contributed by atoms with Crippen LogP contribution in [0.4, 0.5) is 0 Å². The van der Waals surface area contributed by atoms with Gasteiger partial charge < -0.3 is 10.3 Å². The first kappa shape index (κ1) is 11.4. The van der Waals surface area contributed by atoms with Crippen LogP contribution < -0.4 is 5.73 Å². The molecule has 0 radical (unpaired) electrons. The average Bonchev–Trinajstić information content (AvgIpc) is 2.96. The maximum absolute atomic E-state index is 6.03. The van der Waals surface area contributed by atoms with E-state index in [2.05, 4.69) is 33.3 Å². The Morgan fingerprint density at radius 1 is 1.56 bits per heavy atom. The van der Waals surface area contributed by atoms with Crippen molar-refractivity contribution < 1.29 is 0 Å². The fourth-order valence-electron chi connectivity index (χ4n) is 1.72. The number of imidazole rings is 1. The van der Waals surface area contributed by atoms with Gasteiger partial charge in [-0.25, -0.2) is 4.98 Å². The van der Waals surface area contributed by atoms with Crippen molar-refractivity contribution in [3.8, 4) is 0 Å². The number of hydrogen-bond donors (Lipinski definition) is 1. The molecule has 2 rings (SSSR count). The molecule has 0 unspecified atom stereocenters. The highest BCUT2D eigenvalue weighted by Crippen LogP contribution is 2.14. The molecule has 2 heterocycles. The molecular weight excluding hydrogens is 218 g/mol. The van der Waals surface area contributed by atoms with E-state index in [1.807, 2.05) is 12.5 Å². The smallest absolute Gasteiger partial charge is 0.0948 e. The van der Waals surface area contributed by atoms with Gasteiger partial charge in [-0.1, -0.05) is 6.92 Å². The van der Waals surface area contributed by atoms with Gasteiger partial charge in [0.05, 0.1) is 12.0 Å². The summed E-state index contributed by atoms with van der Waals surface area (Å²) >= 11 is 1.74. The Morgan fingerprint density at radius 2 is 2.44 bits per heavy atom. The third-order valence-corrected chi connectivity index (χ3v) is 3.52. The number of nitrogens with zero attached hydrogens (tertiary/aromatic N) is 2. The lowest BCUT2D eigenvalue weighted by atomic mass is 10.2. The largest absolute Gasteiger partial charge is 0.333 e. The third kappa shape index (κ3) is 2.51. The van der Waals surface area contributed by atoms with E-state index in [9.17, 15) is 0 Å². The van der Waals surface area contributed by atoms with E-state index in [-0.39, 0.29) is 6.04 Å². The molecule has 0 saturated heterocycles. The molecule has 0 aliphatic rings. The van der Waals surface area contributed by atoms with Crippen LogP contribution in [0.5, 0.6) is 0 Å². The first-order chi connectivity index (χ1) is 7.81. The molecule has 2 aromatic rings. The Hall–Kier alpha value is -1.13. The van der Waals surface area contributed by atoms with Gasteiger partial charge in [0.15, 0.2) is 0 Å². The SMILES string of the molecule is CC[C@@H](N)c1cncn1CCc1ccsc1. The molecule has 0 aliphatic carbocycles. The van der Waals surface area contributed by atoms with Crippen molar-refractivity contribution in [3.63, 3.8) is 0 Å². The number of thiophene rings is 1. The minimum atomic E-state index is 0.102. The number of nitrogens with two attached hydrogens (primary N) is 1. The lowest BCUT2D eigenvalue weighted by molar-refractivity contribution is 0.589. The molecular formula is C12H17N3S. The van der Waals surface area contributed by atoms with Gasteiger partial charge in [-0.3, -0.25) is 0 Å². The van der Waals surface area contributed by atoms with E-state index in [1.54, 1.807) is 11.3 Å². The van der Waals surface area contributed by atoms with Gasteiger partial charge in [-0.15, -0.1) is 0 Å². The summed E-state index contributed by atoms with van der Waals surface area (Å²) in [4.78, 5) is 4.18. The van der Waals surface area contributed by atoms with Gasteiger partial charge in [0.1, 0.15) is 0 Å². The summed E-state index contributed by atoms with van der Waals surface area (Å²) in [5.41, 5.74) is 8.55. The molecule has 0 bridgehead atoms. The van der Waals surface area contributed by atoms with Crippen molar-refractivity contribution >= 4 is 11.3 Å². The number of rotatable bonds is 5. The van der Waals surface area contributed by atoms with E-state index in [4.69, 9.17) is 5.73 Å². The van der Waals surface area contributed by atoms with E-state index in [0.717, 1.165) is 25.1 Å². The van der Waals surface area contributed by atoms with Crippen LogP contribution in [0.25, 0.3) is 0 Å². The average molecular weight is 235 g/mol. The molecule has 0 aliphatic heterocycles. The van der Waals surface area contributed by atoms with Gasteiger partial charge in [0.25, 0.3) is 0 Å². The maximum Gasteiger partial charge on any atom is 0.0948 e. The van der Waals surface area contributed by atoms with Crippen molar-refractivity contribution in [2.75, 3.05) is 0 Å². The van der Waals surface area contributed by atoms with Gasteiger partial charge in [-0.2, -0.15) is 11.3 Å². The fourth-order valence-corrected chi connectivity index (χ4v) is 2.42. The highest BCUT2D eigenvalue weighted by Gasteiger charge is 2.09. The van der Waals surface area contributed by atoms with Crippen molar-refractivity contribution in [2.45, 2.75) is 32.4 Å². The highest BCUT2D eigenvalue weighted by molar-refractivity contribution is 7.07. The fraction of sp³-hybridized carbons (Fsp3) is 0.417. The number of hydrogen-bond acceptors (Lipinski definition) is 3. The van der Waals surface area contributed by atoms with Crippen LogP contribution in [0.15, 0.2) is 29.4 Å². The second-order valence-corrected chi connectivity index (χ2v) is 4.69. The first-order valence-corrected chi connectivity index (χ1v) is 6.52. The molecule has 0 spiro atoms. The molecule has 1 atom stereocenters. The van der Waals surface area contributed by atoms with Crippen LogP contribution in [0.1, 0.15) is 30.6 Å². The summed E-state index contributed by atoms with van der Waals surface area (Å²) < 4.78 is 2.16. The monoisotopic (exact) mass is 235 g/mol. The van der Waals surface area contributed by atoms with Crippen LogP contribution >= 0.6 is 11.3 Å². The highest BCUT2D eigenvalue weighted by atomic mass is 32.1. The van der Waals surface area contributed by atoms with E-state index in [1.165, 1.54) is 5.56 Å². The lowest BCUT2D eigenvalue weighted by Crippen LogP contribution is -2.15. The minimum absolute atomic E-state index is 0.102. The summed E-state index contributed by atoms with van der Waals surface area (Å²) in [5, 5.41) is 4.30. The van der Waals surface area contributed by atoms with Crippen molar-refractivity contribution in [2.24, 2.45) is 5.73 Å². The summed E-state index contributed by atoms with van der Waals surface area (Å²) in [7, 11) is 0. The topological polar surface area (TPSA) is 43.8 Å². The maximum atomic E-state index is 6.03. The molecule has 2 N–H and O–H groups in total. The van der Waals surface area contributed by atoms with Crippen LogP contribution in [-0.4, -0.2) is 9.55 Å². The van der Waals surface area contributed by atoms with E-state index < -0.39 is 0 Å². The van der Waals surface area contributed by atoms with Crippen LogP contribution in [0, 0.1) is 0 Å². The van der Waals surface area contributed by atoms with Gasteiger partial charge in [0.2, 0.25) is 0 Å². The molecule has 0 saturated carbocycles.